The van der Waals surface area contributed by atoms with Crippen LogP contribution in [0.5, 0.6) is 0 Å². The molecule has 1 aromatic carbocycles. The summed E-state index contributed by atoms with van der Waals surface area (Å²) in [6.45, 7) is 3.66. The number of hydrogen-bond donors (Lipinski definition) is 1. The third-order valence-corrected chi connectivity index (χ3v) is 2.35. The normalized spacial score (nSPS) is 11.8. The fraction of sp³-hybridized carbons (Fsp3) is 0.308. The van der Waals surface area contributed by atoms with Crippen molar-refractivity contribution in [2.24, 2.45) is 5.92 Å². The van der Waals surface area contributed by atoms with Crippen LogP contribution in [0.1, 0.15) is 12.0 Å². The molecule has 0 saturated heterocycles. The molecule has 0 fully saturated rings. The summed E-state index contributed by atoms with van der Waals surface area (Å²) in [6, 6.07) is 9.91. The van der Waals surface area contributed by atoms with Gasteiger partial charge in [-0.1, -0.05) is 36.4 Å². The Hall–Kier alpha value is -1.61. The summed E-state index contributed by atoms with van der Waals surface area (Å²) in [7, 11) is 1.44. The highest BCUT2D eigenvalue weighted by molar-refractivity contribution is 5.78. The zero-order valence-electron chi connectivity index (χ0n) is 9.48. The molecule has 0 aromatic heterocycles. The summed E-state index contributed by atoms with van der Waals surface area (Å²) in [4.78, 5) is 16.3. The van der Waals surface area contributed by atoms with E-state index >= 15 is 0 Å². The van der Waals surface area contributed by atoms with Gasteiger partial charge in [0.1, 0.15) is 0 Å². The van der Waals surface area contributed by atoms with Crippen molar-refractivity contribution in [3.63, 3.8) is 0 Å². The Morgan fingerprint density at radius 2 is 2.19 bits per heavy atom. The number of amides is 1. The average Bonchev–Trinajstić information content (AvgIpc) is 2.30. The topological polar surface area (TPSA) is 38.3 Å². The quantitative estimate of drug-likeness (QED) is 0.587. The molecule has 16 heavy (non-hydrogen) atoms. The Morgan fingerprint density at radius 3 is 2.75 bits per heavy atom. The van der Waals surface area contributed by atoms with E-state index in [-0.39, 0.29) is 11.8 Å². The lowest BCUT2D eigenvalue weighted by Gasteiger charge is -2.13. The van der Waals surface area contributed by atoms with Gasteiger partial charge in [-0.3, -0.25) is 9.63 Å². The van der Waals surface area contributed by atoms with Crippen LogP contribution in [0.25, 0.3) is 0 Å². The second-order valence-corrected chi connectivity index (χ2v) is 3.58. The molecule has 1 amide bonds. The van der Waals surface area contributed by atoms with Crippen LogP contribution in [0.3, 0.4) is 0 Å². The van der Waals surface area contributed by atoms with E-state index in [2.05, 4.69) is 16.9 Å². The fourth-order valence-corrected chi connectivity index (χ4v) is 1.57. The molecule has 86 valence electrons. The molecular formula is C13H17NO2. The maximum atomic E-state index is 11.7. The van der Waals surface area contributed by atoms with Gasteiger partial charge in [-0.05, 0) is 18.4 Å². The van der Waals surface area contributed by atoms with Crippen molar-refractivity contribution in [1.82, 2.24) is 5.48 Å². The third-order valence-electron chi connectivity index (χ3n) is 2.35. The lowest BCUT2D eigenvalue weighted by molar-refractivity contribution is -0.135. The Morgan fingerprint density at radius 1 is 1.50 bits per heavy atom. The molecule has 1 rings (SSSR count). The fourth-order valence-electron chi connectivity index (χ4n) is 1.57. The van der Waals surface area contributed by atoms with Crippen LogP contribution in [-0.2, 0) is 16.1 Å². The second kappa shape index (κ2) is 6.80. The zero-order chi connectivity index (χ0) is 11.8. The Kier molecular flexibility index (Phi) is 5.29. The standard InChI is InChI=1S/C13H17NO2/c1-3-7-12(13(15)14-16-2)10-11-8-5-4-6-9-11/h3-6,8-9,12H,1,7,10H2,2H3,(H,14,15). The first-order chi connectivity index (χ1) is 7.77. The van der Waals surface area contributed by atoms with Crippen molar-refractivity contribution in [2.75, 3.05) is 7.11 Å². The van der Waals surface area contributed by atoms with Crippen molar-refractivity contribution < 1.29 is 9.63 Å². The molecule has 0 spiro atoms. The molecular weight excluding hydrogens is 202 g/mol. The average molecular weight is 219 g/mol. The van der Waals surface area contributed by atoms with Crippen molar-refractivity contribution in [3.8, 4) is 0 Å². The first-order valence-corrected chi connectivity index (χ1v) is 5.25. The van der Waals surface area contributed by atoms with Gasteiger partial charge in [-0.2, -0.15) is 0 Å². The minimum absolute atomic E-state index is 0.105. The lowest BCUT2D eigenvalue weighted by atomic mass is 9.96. The maximum absolute atomic E-state index is 11.7. The van der Waals surface area contributed by atoms with E-state index in [0.29, 0.717) is 12.8 Å². The van der Waals surface area contributed by atoms with Gasteiger partial charge in [-0.15, -0.1) is 6.58 Å². The molecule has 0 aliphatic carbocycles. The summed E-state index contributed by atoms with van der Waals surface area (Å²) >= 11 is 0. The maximum Gasteiger partial charge on any atom is 0.247 e. The highest BCUT2D eigenvalue weighted by atomic mass is 16.6. The van der Waals surface area contributed by atoms with Crippen molar-refractivity contribution >= 4 is 5.91 Å². The van der Waals surface area contributed by atoms with Crippen molar-refractivity contribution in [3.05, 3.63) is 48.6 Å². The van der Waals surface area contributed by atoms with E-state index in [0.717, 1.165) is 5.56 Å². The molecule has 1 aromatic rings. The number of rotatable bonds is 6. The summed E-state index contributed by atoms with van der Waals surface area (Å²) in [5.74, 6) is -0.230. The number of benzene rings is 1. The van der Waals surface area contributed by atoms with Crippen molar-refractivity contribution in [2.45, 2.75) is 12.8 Å². The first kappa shape index (κ1) is 12.5. The van der Waals surface area contributed by atoms with Gasteiger partial charge in [0.2, 0.25) is 5.91 Å². The Labute approximate surface area is 96.1 Å². The number of carbonyl (C=O) groups is 1. The van der Waals surface area contributed by atoms with Gasteiger partial charge in [0, 0.05) is 5.92 Å². The van der Waals surface area contributed by atoms with E-state index in [1.807, 2.05) is 30.3 Å². The number of carbonyl (C=O) groups excluding carboxylic acids is 1. The SMILES string of the molecule is C=CCC(Cc1ccccc1)C(=O)NOC. The van der Waals surface area contributed by atoms with Crippen molar-refractivity contribution in [1.29, 1.82) is 0 Å². The number of hydrogen-bond acceptors (Lipinski definition) is 2. The molecule has 0 aliphatic heterocycles. The van der Waals surface area contributed by atoms with Gasteiger partial charge >= 0.3 is 0 Å². The van der Waals surface area contributed by atoms with E-state index in [9.17, 15) is 4.79 Å². The van der Waals surface area contributed by atoms with Crippen LogP contribution in [-0.4, -0.2) is 13.0 Å². The smallest absolute Gasteiger partial charge is 0.247 e. The highest BCUT2D eigenvalue weighted by Crippen LogP contribution is 2.13. The molecule has 0 saturated carbocycles. The molecule has 0 heterocycles. The van der Waals surface area contributed by atoms with Gasteiger partial charge < -0.3 is 0 Å². The van der Waals surface area contributed by atoms with Crippen LogP contribution in [0, 0.1) is 5.92 Å². The predicted molar refractivity (Wildman–Crippen MR) is 63.6 cm³/mol. The summed E-state index contributed by atoms with van der Waals surface area (Å²) in [6.07, 6.45) is 3.09. The van der Waals surface area contributed by atoms with Crippen LogP contribution < -0.4 is 5.48 Å². The summed E-state index contributed by atoms with van der Waals surface area (Å²) < 4.78 is 0. The van der Waals surface area contributed by atoms with Crippen LogP contribution in [0.15, 0.2) is 43.0 Å². The number of nitrogens with one attached hydrogen (secondary N) is 1. The first-order valence-electron chi connectivity index (χ1n) is 5.25. The second-order valence-electron chi connectivity index (χ2n) is 3.58. The van der Waals surface area contributed by atoms with Crippen LogP contribution in [0.2, 0.25) is 0 Å². The van der Waals surface area contributed by atoms with E-state index < -0.39 is 0 Å². The van der Waals surface area contributed by atoms with E-state index in [4.69, 9.17) is 0 Å². The summed E-state index contributed by atoms with van der Waals surface area (Å²) in [5.41, 5.74) is 3.50. The summed E-state index contributed by atoms with van der Waals surface area (Å²) in [5, 5.41) is 0. The molecule has 0 bridgehead atoms. The van der Waals surface area contributed by atoms with Gasteiger partial charge in [0.25, 0.3) is 0 Å². The minimum atomic E-state index is -0.125. The van der Waals surface area contributed by atoms with E-state index in [1.54, 1.807) is 6.08 Å². The molecule has 1 unspecified atom stereocenters. The highest BCUT2D eigenvalue weighted by Gasteiger charge is 2.17. The number of allylic oxidation sites excluding steroid dienone is 1. The Bertz CT molecular complexity index is 335. The van der Waals surface area contributed by atoms with Crippen LogP contribution in [0.4, 0.5) is 0 Å². The molecule has 3 heteroatoms. The molecule has 1 N–H and O–H groups in total. The third kappa shape index (κ3) is 3.87. The van der Waals surface area contributed by atoms with Gasteiger partial charge in [0.05, 0.1) is 7.11 Å². The predicted octanol–water partition coefficient (Wildman–Crippen LogP) is 2.10. The monoisotopic (exact) mass is 219 g/mol. The molecule has 1 atom stereocenters. The van der Waals surface area contributed by atoms with Gasteiger partial charge in [0.15, 0.2) is 0 Å². The zero-order valence-corrected chi connectivity index (χ0v) is 9.48. The molecule has 3 nitrogen and oxygen atoms in total. The molecule has 0 radical (unpaired) electrons. The van der Waals surface area contributed by atoms with Crippen LogP contribution >= 0.6 is 0 Å². The molecule has 0 aliphatic rings. The van der Waals surface area contributed by atoms with Gasteiger partial charge in [-0.25, -0.2) is 5.48 Å². The minimum Gasteiger partial charge on any atom is -0.277 e. The largest absolute Gasteiger partial charge is 0.277 e. The Balaban J connectivity index is 2.64. The van der Waals surface area contributed by atoms with E-state index in [1.165, 1.54) is 7.11 Å². The lowest BCUT2D eigenvalue weighted by Crippen LogP contribution is -2.30. The number of hydroxylamine groups is 1.